The molecule has 0 saturated carbocycles. The molecule has 1 unspecified atom stereocenters. The minimum atomic E-state index is -0.627. The Bertz CT molecular complexity index is 351. The number of thiazole rings is 1. The van der Waals surface area contributed by atoms with Crippen molar-refractivity contribution in [3.63, 3.8) is 0 Å². The second kappa shape index (κ2) is 6.22. The fraction of sp³-hybridized carbons (Fsp3) is 0.500. The molecule has 1 aromatic rings. The number of carbonyl (C=O) groups excluding carboxylic acids is 2. The van der Waals surface area contributed by atoms with Gasteiger partial charge in [0.25, 0.3) is 0 Å². The highest BCUT2D eigenvalue weighted by atomic mass is 32.1. The van der Waals surface area contributed by atoms with Crippen LogP contribution in [-0.2, 0) is 20.7 Å². The maximum Gasteiger partial charge on any atom is 0.329 e. The van der Waals surface area contributed by atoms with E-state index in [1.165, 1.54) is 18.3 Å². The highest BCUT2D eigenvalue weighted by Gasteiger charge is 2.21. The minimum Gasteiger partial charge on any atom is -0.464 e. The van der Waals surface area contributed by atoms with Crippen molar-refractivity contribution in [3.8, 4) is 0 Å². The largest absolute Gasteiger partial charge is 0.464 e. The molecule has 0 bridgehead atoms. The van der Waals surface area contributed by atoms with Crippen LogP contribution in [0.4, 0.5) is 0 Å². The van der Waals surface area contributed by atoms with Crippen molar-refractivity contribution in [2.75, 3.05) is 6.61 Å². The first kappa shape index (κ1) is 12.6. The van der Waals surface area contributed by atoms with E-state index in [1.807, 2.05) is 0 Å². The van der Waals surface area contributed by atoms with E-state index in [9.17, 15) is 9.59 Å². The first-order valence-electron chi connectivity index (χ1n) is 4.94. The summed E-state index contributed by atoms with van der Waals surface area (Å²) in [5.74, 6) is -0.659. The number of hydrogen-bond donors (Lipinski definition) is 1. The zero-order chi connectivity index (χ0) is 12.0. The van der Waals surface area contributed by atoms with E-state index in [0.717, 1.165) is 4.88 Å². The van der Waals surface area contributed by atoms with E-state index < -0.39 is 12.0 Å². The first-order valence-corrected chi connectivity index (χ1v) is 5.82. The van der Waals surface area contributed by atoms with Crippen molar-refractivity contribution in [1.82, 2.24) is 10.3 Å². The lowest BCUT2D eigenvalue weighted by atomic mass is 10.2. The highest BCUT2D eigenvalue weighted by molar-refractivity contribution is 7.09. The van der Waals surface area contributed by atoms with E-state index in [1.54, 1.807) is 18.6 Å². The molecule has 1 aromatic heterocycles. The number of ether oxygens (including phenoxy) is 1. The van der Waals surface area contributed by atoms with E-state index in [-0.39, 0.29) is 5.91 Å². The number of hydrogen-bond acceptors (Lipinski definition) is 5. The standard InChI is InChI=1S/C10H14N2O3S/c1-3-15-10(14)9(12-7(2)13)4-8-5-11-6-16-8/h5-6,9H,3-4H2,1-2H3,(H,12,13). The van der Waals surface area contributed by atoms with Crippen molar-refractivity contribution in [2.24, 2.45) is 0 Å². The molecule has 5 nitrogen and oxygen atoms in total. The van der Waals surface area contributed by atoms with Crippen LogP contribution in [0.2, 0.25) is 0 Å². The van der Waals surface area contributed by atoms with Gasteiger partial charge in [0.15, 0.2) is 0 Å². The van der Waals surface area contributed by atoms with Crippen LogP contribution in [0.25, 0.3) is 0 Å². The van der Waals surface area contributed by atoms with Crippen molar-refractivity contribution < 1.29 is 14.3 Å². The van der Waals surface area contributed by atoms with Gasteiger partial charge in [-0.25, -0.2) is 4.79 Å². The molecule has 88 valence electrons. The number of rotatable bonds is 5. The summed E-state index contributed by atoms with van der Waals surface area (Å²) in [4.78, 5) is 27.4. The van der Waals surface area contributed by atoms with E-state index in [4.69, 9.17) is 4.74 Å². The van der Waals surface area contributed by atoms with Crippen LogP contribution >= 0.6 is 11.3 Å². The van der Waals surface area contributed by atoms with Gasteiger partial charge in [0.1, 0.15) is 6.04 Å². The Hall–Kier alpha value is -1.43. The summed E-state index contributed by atoms with van der Waals surface area (Å²) in [6, 6.07) is -0.627. The third-order valence-electron chi connectivity index (χ3n) is 1.84. The molecule has 0 spiro atoms. The number of esters is 1. The van der Waals surface area contributed by atoms with Gasteiger partial charge in [-0.2, -0.15) is 0 Å². The normalized spacial score (nSPS) is 11.9. The van der Waals surface area contributed by atoms with E-state index >= 15 is 0 Å². The maximum absolute atomic E-state index is 11.6. The molecule has 6 heteroatoms. The van der Waals surface area contributed by atoms with Crippen LogP contribution in [0.15, 0.2) is 11.7 Å². The summed E-state index contributed by atoms with van der Waals surface area (Å²) in [7, 11) is 0. The second-order valence-corrected chi connectivity index (χ2v) is 4.15. The summed E-state index contributed by atoms with van der Waals surface area (Å²) in [5, 5.41) is 2.57. The zero-order valence-electron chi connectivity index (χ0n) is 9.23. The van der Waals surface area contributed by atoms with Crippen molar-refractivity contribution in [2.45, 2.75) is 26.3 Å². The molecule has 0 aliphatic rings. The molecule has 1 amide bonds. The predicted molar refractivity (Wildman–Crippen MR) is 60.1 cm³/mol. The molecule has 0 radical (unpaired) electrons. The number of carbonyl (C=O) groups is 2. The lowest BCUT2D eigenvalue weighted by Gasteiger charge is -2.15. The lowest BCUT2D eigenvalue weighted by molar-refractivity contribution is -0.147. The van der Waals surface area contributed by atoms with Crippen LogP contribution < -0.4 is 5.32 Å². The average Bonchev–Trinajstić information content (AvgIpc) is 2.69. The van der Waals surface area contributed by atoms with Gasteiger partial charge in [0, 0.05) is 24.4 Å². The van der Waals surface area contributed by atoms with Gasteiger partial charge in [-0.15, -0.1) is 11.3 Å². The van der Waals surface area contributed by atoms with Gasteiger partial charge in [0.2, 0.25) is 5.91 Å². The van der Waals surface area contributed by atoms with Gasteiger partial charge in [-0.1, -0.05) is 0 Å². The average molecular weight is 242 g/mol. The van der Waals surface area contributed by atoms with E-state index in [0.29, 0.717) is 13.0 Å². The molecule has 1 rings (SSSR count). The fourth-order valence-corrected chi connectivity index (χ4v) is 1.87. The van der Waals surface area contributed by atoms with Gasteiger partial charge in [-0.3, -0.25) is 9.78 Å². The molecule has 1 heterocycles. The topological polar surface area (TPSA) is 68.3 Å². The Kier molecular flexibility index (Phi) is 4.91. The molecule has 16 heavy (non-hydrogen) atoms. The van der Waals surface area contributed by atoms with Crippen LogP contribution in [0.5, 0.6) is 0 Å². The smallest absolute Gasteiger partial charge is 0.329 e. The molecular weight excluding hydrogens is 228 g/mol. The number of amides is 1. The Morgan fingerprint density at radius 1 is 1.62 bits per heavy atom. The molecule has 1 N–H and O–H groups in total. The molecule has 0 aromatic carbocycles. The number of aromatic nitrogens is 1. The summed E-state index contributed by atoms with van der Waals surface area (Å²) in [6.45, 7) is 3.41. The quantitative estimate of drug-likeness (QED) is 0.774. The molecular formula is C10H14N2O3S. The molecule has 0 aliphatic heterocycles. The second-order valence-electron chi connectivity index (χ2n) is 3.18. The van der Waals surface area contributed by atoms with Crippen LogP contribution in [0.3, 0.4) is 0 Å². The first-order chi connectivity index (χ1) is 7.63. The summed E-state index contributed by atoms with van der Waals surface area (Å²) >= 11 is 1.44. The van der Waals surface area contributed by atoms with Crippen molar-refractivity contribution >= 4 is 23.2 Å². The van der Waals surface area contributed by atoms with E-state index in [2.05, 4.69) is 10.3 Å². The molecule has 0 saturated heterocycles. The van der Waals surface area contributed by atoms with Gasteiger partial charge >= 0.3 is 5.97 Å². The Morgan fingerprint density at radius 3 is 2.88 bits per heavy atom. The van der Waals surface area contributed by atoms with Crippen LogP contribution in [0.1, 0.15) is 18.7 Å². The van der Waals surface area contributed by atoms with Crippen LogP contribution in [-0.4, -0.2) is 29.5 Å². The van der Waals surface area contributed by atoms with Gasteiger partial charge < -0.3 is 10.1 Å². The van der Waals surface area contributed by atoms with Gasteiger partial charge in [-0.05, 0) is 6.92 Å². The third kappa shape index (κ3) is 3.98. The monoisotopic (exact) mass is 242 g/mol. The van der Waals surface area contributed by atoms with Gasteiger partial charge in [0.05, 0.1) is 12.1 Å². The summed E-state index contributed by atoms with van der Waals surface area (Å²) in [6.07, 6.45) is 2.10. The molecule has 0 aliphatic carbocycles. The van der Waals surface area contributed by atoms with Crippen LogP contribution in [0, 0.1) is 0 Å². The summed E-state index contributed by atoms with van der Waals surface area (Å²) in [5.41, 5.74) is 1.69. The number of nitrogens with one attached hydrogen (secondary N) is 1. The fourth-order valence-electron chi connectivity index (χ4n) is 1.23. The molecule has 0 fully saturated rings. The van der Waals surface area contributed by atoms with Crippen molar-refractivity contribution in [1.29, 1.82) is 0 Å². The highest BCUT2D eigenvalue weighted by Crippen LogP contribution is 2.09. The Balaban J connectivity index is 2.63. The SMILES string of the molecule is CCOC(=O)C(Cc1cncs1)NC(C)=O. The molecule has 1 atom stereocenters. The predicted octanol–water partition coefficient (Wildman–Crippen LogP) is 0.753. The summed E-state index contributed by atoms with van der Waals surface area (Å²) < 4.78 is 4.88. The minimum absolute atomic E-state index is 0.248. The Morgan fingerprint density at radius 2 is 2.38 bits per heavy atom. The Labute approximate surface area is 97.8 Å². The lowest BCUT2D eigenvalue weighted by Crippen LogP contribution is -2.42. The zero-order valence-corrected chi connectivity index (χ0v) is 10.0. The van der Waals surface area contributed by atoms with Crippen molar-refractivity contribution in [3.05, 3.63) is 16.6 Å². The number of nitrogens with zero attached hydrogens (tertiary/aromatic N) is 1. The third-order valence-corrected chi connectivity index (χ3v) is 2.64. The maximum atomic E-state index is 11.6.